The van der Waals surface area contributed by atoms with Crippen molar-refractivity contribution in [2.75, 3.05) is 27.4 Å². The molecule has 0 radical (unpaired) electrons. The molecule has 0 fully saturated rings. The highest BCUT2D eigenvalue weighted by molar-refractivity contribution is 5.47. The summed E-state index contributed by atoms with van der Waals surface area (Å²) in [5, 5.41) is 0. The normalized spacial score (nSPS) is 19.7. The average molecular weight is 416 g/mol. The molecule has 2 aliphatic rings. The first-order valence-electron chi connectivity index (χ1n) is 10.1. The van der Waals surface area contributed by atoms with Crippen LogP contribution in [0.3, 0.4) is 0 Å². The summed E-state index contributed by atoms with van der Waals surface area (Å²) in [4.78, 5) is 0. The van der Waals surface area contributed by atoms with Gasteiger partial charge in [0.25, 0.3) is 5.92 Å². The molecule has 2 atom stereocenters. The van der Waals surface area contributed by atoms with E-state index in [0.717, 1.165) is 22.6 Å². The Bertz CT molecular complexity index is 941. The van der Waals surface area contributed by atoms with Gasteiger partial charge < -0.3 is 18.9 Å². The van der Waals surface area contributed by atoms with Crippen molar-refractivity contribution in [2.45, 2.75) is 37.2 Å². The molecule has 4 rings (SSSR count). The van der Waals surface area contributed by atoms with Gasteiger partial charge in [0, 0.05) is 36.6 Å². The Labute approximate surface area is 175 Å². The third-order valence-electron chi connectivity index (χ3n) is 5.84. The van der Waals surface area contributed by atoms with Gasteiger partial charge in [0.15, 0.2) is 0 Å². The Kier molecular flexibility index (Phi) is 5.69. The first-order chi connectivity index (χ1) is 14.4. The summed E-state index contributed by atoms with van der Waals surface area (Å²) in [5.74, 6) is -0.621. The molecule has 0 bridgehead atoms. The third kappa shape index (κ3) is 3.88. The molecule has 2 aromatic rings. The van der Waals surface area contributed by atoms with Crippen LogP contribution in [0.2, 0.25) is 0 Å². The lowest BCUT2D eigenvalue weighted by Crippen LogP contribution is -2.22. The van der Waals surface area contributed by atoms with Gasteiger partial charge in [0.05, 0.1) is 19.5 Å². The van der Waals surface area contributed by atoms with Crippen molar-refractivity contribution < 1.29 is 27.7 Å². The Morgan fingerprint density at radius 3 is 2.80 bits per heavy atom. The summed E-state index contributed by atoms with van der Waals surface area (Å²) in [6.07, 6.45) is 1.65. The zero-order valence-corrected chi connectivity index (χ0v) is 17.3. The van der Waals surface area contributed by atoms with E-state index >= 15 is 0 Å². The molecule has 0 aromatic heterocycles. The largest absolute Gasteiger partial charge is 0.502 e. The van der Waals surface area contributed by atoms with Crippen LogP contribution in [0.5, 0.6) is 11.5 Å². The molecule has 4 nitrogen and oxygen atoms in total. The van der Waals surface area contributed by atoms with Crippen LogP contribution in [-0.4, -0.2) is 27.4 Å². The van der Waals surface area contributed by atoms with Gasteiger partial charge in [0.1, 0.15) is 24.2 Å². The molecule has 0 amide bonds. The van der Waals surface area contributed by atoms with Crippen LogP contribution in [0.15, 0.2) is 48.7 Å². The molecule has 1 aliphatic heterocycles. The number of alkyl halides is 2. The van der Waals surface area contributed by atoms with Gasteiger partial charge in [-0.2, -0.15) is 8.78 Å². The lowest BCUT2D eigenvalue weighted by Gasteiger charge is -2.20. The molecule has 30 heavy (non-hydrogen) atoms. The lowest BCUT2D eigenvalue weighted by atomic mass is 9.97. The molecule has 0 unspecified atom stereocenters. The minimum absolute atomic E-state index is 0.0338. The second kappa shape index (κ2) is 8.26. The maximum absolute atomic E-state index is 14.5. The Balaban J connectivity index is 1.52. The quantitative estimate of drug-likeness (QED) is 0.531. The van der Waals surface area contributed by atoms with Crippen LogP contribution in [0.4, 0.5) is 8.78 Å². The summed E-state index contributed by atoms with van der Waals surface area (Å²) in [6.45, 7) is 3.83. The maximum atomic E-state index is 14.5. The third-order valence-corrected chi connectivity index (χ3v) is 5.84. The van der Waals surface area contributed by atoms with E-state index in [1.807, 2.05) is 24.3 Å². The predicted molar refractivity (Wildman–Crippen MR) is 109 cm³/mol. The highest BCUT2D eigenvalue weighted by atomic mass is 19.3. The summed E-state index contributed by atoms with van der Waals surface area (Å²) >= 11 is 0. The van der Waals surface area contributed by atoms with Crippen LogP contribution in [0, 0.1) is 0 Å². The number of hydrogen-bond donors (Lipinski definition) is 0. The van der Waals surface area contributed by atoms with Crippen LogP contribution in [0.25, 0.3) is 0 Å². The number of methoxy groups -OCH3 is 2. The average Bonchev–Trinajstić information content (AvgIpc) is 3.32. The van der Waals surface area contributed by atoms with Gasteiger partial charge in [0.2, 0.25) is 0 Å². The highest BCUT2D eigenvalue weighted by Gasteiger charge is 2.38. The SMILES string of the molecule is C=C(C[C@@H]1COc2cc(O[C@@H]3CCc4c3cccc4C(F)(F)COC)ccc21)OC. The van der Waals surface area contributed by atoms with Crippen LogP contribution in [-0.2, 0) is 21.8 Å². The van der Waals surface area contributed by atoms with E-state index in [2.05, 4.69) is 6.58 Å². The molecule has 1 heterocycles. The Morgan fingerprint density at radius 1 is 1.20 bits per heavy atom. The molecule has 0 N–H and O–H groups in total. The fraction of sp³-hybridized carbons (Fsp3) is 0.417. The van der Waals surface area contributed by atoms with Crippen molar-refractivity contribution >= 4 is 0 Å². The highest BCUT2D eigenvalue weighted by Crippen LogP contribution is 2.44. The first kappa shape index (κ1) is 20.7. The molecule has 0 saturated carbocycles. The van der Waals surface area contributed by atoms with Gasteiger partial charge >= 0.3 is 0 Å². The van der Waals surface area contributed by atoms with E-state index in [1.54, 1.807) is 13.2 Å². The maximum Gasteiger partial charge on any atom is 0.296 e. The molecular weight excluding hydrogens is 390 g/mol. The Morgan fingerprint density at radius 2 is 2.03 bits per heavy atom. The van der Waals surface area contributed by atoms with Gasteiger partial charge in [-0.3, -0.25) is 0 Å². The molecule has 0 saturated heterocycles. The first-order valence-corrected chi connectivity index (χ1v) is 10.1. The summed E-state index contributed by atoms with van der Waals surface area (Å²) in [7, 11) is 2.90. The number of fused-ring (bicyclic) bond motifs is 2. The van der Waals surface area contributed by atoms with Crippen LogP contribution >= 0.6 is 0 Å². The number of ether oxygens (including phenoxy) is 4. The van der Waals surface area contributed by atoms with Crippen LogP contribution in [0.1, 0.15) is 47.1 Å². The summed E-state index contributed by atoms with van der Waals surface area (Å²) in [6, 6.07) is 10.8. The van der Waals surface area contributed by atoms with Crippen molar-refractivity contribution in [2.24, 2.45) is 0 Å². The number of halogens is 2. The second-order valence-electron chi connectivity index (χ2n) is 7.81. The zero-order chi connectivity index (χ0) is 21.3. The molecule has 2 aromatic carbocycles. The van der Waals surface area contributed by atoms with E-state index < -0.39 is 12.5 Å². The Hall–Kier alpha value is -2.60. The minimum Gasteiger partial charge on any atom is -0.502 e. The van der Waals surface area contributed by atoms with Crippen molar-refractivity contribution in [1.82, 2.24) is 0 Å². The van der Waals surface area contributed by atoms with Crippen molar-refractivity contribution in [1.29, 1.82) is 0 Å². The van der Waals surface area contributed by atoms with Gasteiger partial charge in [-0.1, -0.05) is 30.8 Å². The fourth-order valence-corrected chi connectivity index (χ4v) is 4.36. The van der Waals surface area contributed by atoms with E-state index in [9.17, 15) is 8.78 Å². The van der Waals surface area contributed by atoms with Gasteiger partial charge in [-0.05, 0) is 30.0 Å². The predicted octanol–water partition coefficient (Wildman–Crippen LogP) is 5.52. The lowest BCUT2D eigenvalue weighted by molar-refractivity contribution is -0.0703. The second-order valence-corrected chi connectivity index (χ2v) is 7.81. The summed E-state index contributed by atoms with van der Waals surface area (Å²) < 4.78 is 50.9. The minimum atomic E-state index is -3.02. The molecule has 160 valence electrons. The van der Waals surface area contributed by atoms with Crippen molar-refractivity contribution in [3.05, 3.63) is 71.0 Å². The van der Waals surface area contributed by atoms with E-state index in [-0.39, 0.29) is 17.6 Å². The molecule has 0 spiro atoms. The molecular formula is C24H26F2O4. The van der Waals surface area contributed by atoms with Crippen molar-refractivity contribution in [3.63, 3.8) is 0 Å². The van der Waals surface area contributed by atoms with Gasteiger partial charge in [-0.25, -0.2) is 0 Å². The number of hydrogen-bond acceptors (Lipinski definition) is 4. The zero-order valence-electron chi connectivity index (χ0n) is 17.3. The monoisotopic (exact) mass is 416 g/mol. The smallest absolute Gasteiger partial charge is 0.296 e. The molecule has 6 heteroatoms. The topological polar surface area (TPSA) is 36.9 Å². The van der Waals surface area contributed by atoms with E-state index in [4.69, 9.17) is 18.9 Å². The van der Waals surface area contributed by atoms with Crippen molar-refractivity contribution in [3.8, 4) is 11.5 Å². The van der Waals surface area contributed by atoms with Crippen LogP contribution < -0.4 is 9.47 Å². The summed E-state index contributed by atoms with van der Waals surface area (Å²) in [5.41, 5.74) is 2.62. The van der Waals surface area contributed by atoms with E-state index in [0.29, 0.717) is 37.2 Å². The number of benzene rings is 2. The van der Waals surface area contributed by atoms with Gasteiger partial charge in [-0.15, -0.1) is 0 Å². The standard InChI is InChI=1S/C24H26F2O4/c1-15(28-3)11-16-13-29-23-12-17(7-8-18(16)23)30-22-10-9-19-20(22)5-4-6-21(19)24(25,26)14-27-2/h4-8,12,16,22H,1,9-11,13-14H2,2-3H3/t16-,22-/m1/s1. The number of rotatable bonds is 8. The number of allylic oxidation sites excluding steroid dienone is 1. The van der Waals surface area contributed by atoms with E-state index in [1.165, 1.54) is 13.2 Å². The fourth-order valence-electron chi connectivity index (χ4n) is 4.36. The molecule has 1 aliphatic carbocycles.